The molecule has 2 rings (SSSR count). The predicted octanol–water partition coefficient (Wildman–Crippen LogP) is 2.63. The molecule has 102 valence electrons. The Morgan fingerprint density at radius 2 is 2.11 bits per heavy atom. The monoisotopic (exact) mass is 261 g/mol. The van der Waals surface area contributed by atoms with Crippen molar-refractivity contribution < 1.29 is 14.3 Å². The van der Waals surface area contributed by atoms with Crippen LogP contribution in [0.15, 0.2) is 18.2 Å². The van der Waals surface area contributed by atoms with E-state index in [9.17, 15) is 9.59 Å². The van der Waals surface area contributed by atoms with Gasteiger partial charge in [-0.1, -0.05) is 19.1 Å². The molecule has 0 saturated carbocycles. The topological polar surface area (TPSA) is 55.4 Å². The molecule has 0 bridgehead atoms. The third kappa shape index (κ3) is 2.95. The molecule has 2 atom stereocenters. The smallest absolute Gasteiger partial charge is 0.219 e. The van der Waals surface area contributed by atoms with Crippen LogP contribution >= 0.6 is 0 Å². The molecule has 1 N–H and O–H groups in total. The molecule has 1 heterocycles. The van der Waals surface area contributed by atoms with Gasteiger partial charge in [0.05, 0.1) is 0 Å². The number of nitrogens with one attached hydrogen (secondary N) is 1. The summed E-state index contributed by atoms with van der Waals surface area (Å²) in [5.74, 6) is 0.971. The van der Waals surface area contributed by atoms with Crippen molar-refractivity contribution in [2.75, 3.05) is 0 Å². The summed E-state index contributed by atoms with van der Waals surface area (Å²) in [5.41, 5.74) is 1.76. The summed E-state index contributed by atoms with van der Waals surface area (Å²) in [6, 6.07) is 5.57. The van der Waals surface area contributed by atoms with E-state index in [1.165, 1.54) is 13.8 Å². The van der Waals surface area contributed by atoms with E-state index in [2.05, 4.69) is 12.2 Å². The van der Waals surface area contributed by atoms with Gasteiger partial charge in [-0.05, 0) is 30.9 Å². The number of carbonyl (C=O) groups is 2. The van der Waals surface area contributed by atoms with E-state index in [0.29, 0.717) is 17.2 Å². The Bertz CT molecular complexity index is 510. The minimum atomic E-state index is -0.308. The number of carbonyl (C=O) groups excluding carboxylic acids is 2. The van der Waals surface area contributed by atoms with Crippen molar-refractivity contribution in [1.82, 2.24) is 5.32 Å². The molecule has 0 saturated heterocycles. The third-order valence-corrected chi connectivity index (χ3v) is 3.48. The lowest BCUT2D eigenvalue weighted by Gasteiger charge is -2.32. The largest absolute Gasteiger partial charge is 0.470 e. The lowest BCUT2D eigenvalue weighted by molar-refractivity contribution is -0.121. The van der Waals surface area contributed by atoms with Crippen molar-refractivity contribution in [3.63, 3.8) is 0 Å². The molecule has 0 radical (unpaired) electrons. The highest BCUT2D eigenvalue weighted by molar-refractivity contribution is 5.94. The van der Waals surface area contributed by atoms with Crippen LogP contribution in [0.2, 0.25) is 0 Å². The number of amides is 1. The summed E-state index contributed by atoms with van der Waals surface area (Å²) >= 11 is 0. The van der Waals surface area contributed by atoms with Gasteiger partial charge in [-0.2, -0.15) is 0 Å². The summed E-state index contributed by atoms with van der Waals surface area (Å²) in [6.45, 7) is 5.13. The molecule has 1 amide bonds. The van der Waals surface area contributed by atoms with Gasteiger partial charge in [0.25, 0.3) is 0 Å². The molecule has 4 heteroatoms. The van der Waals surface area contributed by atoms with Gasteiger partial charge in [0, 0.05) is 18.9 Å². The molecule has 1 aliphatic heterocycles. The molecule has 1 aliphatic rings. The predicted molar refractivity (Wildman–Crippen MR) is 72.3 cm³/mol. The van der Waals surface area contributed by atoms with Crippen LogP contribution in [0.5, 0.6) is 5.75 Å². The van der Waals surface area contributed by atoms with Gasteiger partial charge in [-0.15, -0.1) is 0 Å². The molecule has 2 unspecified atom stereocenters. The quantitative estimate of drug-likeness (QED) is 0.851. The zero-order valence-electron chi connectivity index (χ0n) is 11.5. The molecule has 0 aliphatic carbocycles. The summed E-state index contributed by atoms with van der Waals surface area (Å²) in [5, 5.41) is 2.79. The first kappa shape index (κ1) is 13.6. The second-order valence-electron chi connectivity index (χ2n) is 4.96. The summed E-state index contributed by atoms with van der Waals surface area (Å²) in [4.78, 5) is 22.6. The fraction of sp³-hybridized carbons (Fsp3) is 0.467. The Labute approximate surface area is 113 Å². The van der Waals surface area contributed by atoms with E-state index in [1.807, 2.05) is 12.1 Å². The molecule has 1 aromatic rings. The fourth-order valence-corrected chi connectivity index (χ4v) is 2.48. The number of ketones is 1. The van der Waals surface area contributed by atoms with Gasteiger partial charge in [-0.3, -0.25) is 9.59 Å². The maximum absolute atomic E-state index is 11.4. The minimum absolute atomic E-state index is 0.0149. The van der Waals surface area contributed by atoms with Gasteiger partial charge in [0.15, 0.2) is 12.0 Å². The number of benzene rings is 1. The van der Waals surface area contributed by atoms with Crippen LogP contribution in [-0.4, -0.2) is 17.9 Å². The number of fused-ring (bicyclic) bond motifs is 1. The van der Waals surface area contributed by atoms with E-state index in [4.69, 9.17) is 4.74 Å². The first-order valence-electron chi connectivity index (χ1n) is 6.60. The molecular weight excluding hydrogens is 242 g/mol. The van der Waals surface area contributed by atoms with Crippen LogP contribution in [-0.2, 0) is 4.79 Å². The number of hydrogen-bond donors (Lipinski definition) is 1. The summed E-state index contributed by atoms with van der Waals surface area (Å²) < 4.78 is 5.78. The van der Waals surface area contributed by atoms with E-state index < -0.39 is 0 Å². The third-order valence-electron chi connectivity index (χ3n) is 3.48. The Balaban J connectivity index is 2.32. The molecule has 4 nitrogen and oxygen atoms in total. The van der Waals surface area contributed by atoms with Crippen LogP contribution in [0, 0.1) is 0 Å². The van der Waals surface area contributed by atoms with Crippen molar-refractivity contribution in [2.24, 2.45) is 0 Å². The molecular formula is C15H19NO3. The first-order valence-corrected chi connectivity index (χ1v) is 6.60. The highest BCUT2D eigenvalue weighted by Crippen LogP contribution is 2.38. The molecule has 1 aromatic carbocycles. The zero-order chi connectivity index (χ0) is 14.0. The van der Waals surface area contributed by atoms with Crippen molar-refractivity contribution in [3.05, 3.63) is 29.3 Å². The van der Waals surface area contributed by atoms with Crippen LogP contribution in [0.4, 0.5) is 0 Å². The van der Waals surface area contributed by atoms with Gasteiger partial charge in [-0.25, -0.2) is 0 Å². The Hall–Kier alpha value is -1.84. The number of ether oxygens (including phenoxy) is 1. The van der Waals surface area contributed by atoms with E-state index >= 15 is 0 Å². The molecule has 0 fully saturated rings. The van der Waals surface area contributed by atoms with Crippen molar-refractivity contribution >= 4 is 11.7 Å². The second kappa shape index (κ2) is 5.43. The average molecular weight is 261 g/mol. The maximum atomic E-state index is 11.4. The lowest BCUT2D eigenvalue weighted by atomic mass is 9.88. The highest BCUT2D eigenvalue weighted by Gasteiger charge is 2.28. The average Bonchev–Trinajstić information content (AvgIpc) is 2.36. The molecule has 19 heavy (non-hydrogen) atoms. The standard InChI is InChI=1S/C15H19NO3/c1-4-11-8-15(16-10(3)18)19-14-7-12(9(2)17)5-6-13(11)14/h5-7,11,15H,4,8H2,1-3H3,(H,16,18). The number of Topliss-reactive ketones (excluding diaryl/α,β-unsaturated/α-hetero) is 1. The van der Waals surface area contributed by atoms with E-state index in [0.717, 1.165) is 18.4 Å². The van der Waals surface area contributed by atoms with Gasteiger partial charge in [0.1, 0.15) is 5.75 Å². The second-order valence-corrected chi connectivity index (χ2v) is 4.96. The number of hydrogen-bond acceptors (Lipinski definition) is 3. The van der Waals surface area contributed by atoms with E-state index in [-0.39, 0.29) is 17.9 Å². The molecule has 0 aromatic heterocycles. The Kier molecular flexibility index (Phi) is 3.88. The molecule has 0 spiro atoms. The highest BCUT2D eigenvalue weighted by atomic mass is 16.5. The van der Waals surface area contributed by atoms with Crippen molar-refractivity contribution in [3.8, 4) is 5.75 Å². The Morgan fingerprint density at radius 1 is 1.37 bits per heavy atom. The minimum Gasteiger partial charge on any atom is -0.470 e. The number of rotatable bonds is 3. The summed E-state index contributed by atoms with van der Waals surface area (Å²) in [7, 11) is 0. The SMILES string of the molecule is CCC1CC(NC(C)=O)Oc2cc(C(C)=O)ccc21. The normalized spacial score (nSPS) is 21.2. The van der Waals surface area contributed by atoms with Crippen molar-refractivity contribution in [2.45, 2.75) is 45.8 Å². The van der Waals surface area contributed by atoms with Gasteiger partial charge in [0.2, 0.25) is 5.91 Å². The Morgan fingerprint density at radius 3 is 2.68 bits per heavy atom. The van der Waals surface area contributed by atoms with Crippen LogP contribution in [0.3, 0.4) is 0 Å². The lowest BCUT2D eigenvalue weighted by Crippen LogP contribution is -2.41. The maximum Gasteiger partial charge on any atom is 0.219 e. The zero-order valence-corrected chi connectivity index (χ0v) is 11.5. The van der Waals surface area contributed by atoms with E-state index in [1.54, 1.807) is 6.07 Å². The first-order chi connectivity index (χ1) is 9.01. The van der Waals surface area contributed by atoms with Gasteiger partial charge >= 0.3 is 0 Å². The summed E-state index contributed by atoms with van der Waals surface area (Å²) in [6.07, 6.45) is 1.44. The van der Waals surface area contributed by atoms with Crippen molar-refractivity contribution in [1.29, 1.82) is 0 Å². The van der Waals surface area contributed by atoms with Crippen LogP contribution in [0.25, 0.3) is 0 Å². The van der Waals surface area contributed by atoms with Crippen LogP contribution in [0.1, 0.15) is 55.5 Å². The fourth-order valence-electron chi connectivity index (χ4n) is 2.48. The van der Waals surface area contributed by atoms with Gasteiger partial charge < -0.3 is 10.1 Å². The van der Waals surface area contributed by atoms with Crippen LogP contribution < -0.4 is 10.1 Å².